The van der Waals surface area contributed by atoms with Gasteiger partial charge in [-0.05, 0) is 24.8 Å². The van der Waals surface area contributed by atoms with Crippen molar-refractivity contribution in [2.75, 3.05) is 11.4 Å². The molecule has 0 aliphatic carbocycles. The van der Waals surface area contributed by atoms with Crippen molar-refractivity contribution in [2.45, 2.75) is 25.8 Å². The van der Waals surface area contributed by atoms with E-state index in [1.807, 2.05) is 13.0 Å². The Morgan fingerprint density at radius 3 is 3.05 bits per heavy atom. The van der Waals surface area contributed by atoms with E-state index in [4.69, 9.17) is 16.9 Å². The van der Waals surface area contributed by atoms with Gasteiger partial charge < -0.3 is 10.0 Å². The third-order valence-corrected chi connectivity index (χ3v) is 3.79. The summed E-state index contributed by atoms with van der Waals surface area (Å²) >= 11 is 6.13. The van der Waals surface area contributed by atoms with Crippen LogP contribution < -0.4 is 4.90 Å². The third kappa shape index (κ3) is 2.64. The van der Waals surface area contributed by atoms with Crippen molar-refractivity contribution in [1.29, 1.82) is 5.26 Å². The number of nitrogens with zero attached hydrogens (tertiary/aromatic N) is 3. The molecule has 0 bridgehead atoms. The number of hydrogen-bond acceptors (Lipinski definition) is 4. The third-order valence-electron chi connectivity index (χ3n) is 3.41. The Labute approximate surface area is 116 Å². The van der Waals surface area contributed by atoms with Crippen molar-refractivity contribution in [3.05, 3.63) is 22.8 Å². The van der Waals surface area contributed by atoms with Crippen molar-refractivity contribution in [2.24, 2.45) is 5.92 Å². The first kappa shape index (κ1) is 13.6. The zero-order valence-corrected chi connectivity index (χ0v) is 11.3. The molecule has 19 heavy (non-hydrogen) atoms. The minimum absolute atomic E-state index is 0.228. The van der Waals surface area contributed by atoms with Crippen molar-refractivity contribution in [3.8, 4) is 6.07 Å². The lowest BCUT2D eigenvalue weighted by molar-refractivity contribution is -0.139. The van der Waals surface area contributed by atoms with E-state index in [2.05, 4.69) is 4.98 Å². The molecule has 0 spiro atoms. The van der Waals surface area contributed by atoms with Gasteiger partial charge in [0.1, 0.15) is 23.0 Å². The number of halogens is 1. The smallest absolute Gasteiger partial charge is 0.326 e. The number of pyridine rings is 1. The van der Waals surface area contributed by atoms with Gasteiger partial charge in [0.2, 0.25) is 0 Å². The van der Waals surface area contributed by atoms with Crippen LogP contribution in [0.3, 0.4) is 0 Å². The van der Waals surface area contributed by atoms with E-state index in [1.54, 1.807) is 4.90 Å². The lowest BCUT2D eigenvalue weighted by atomic mass is 9.92. The Morgan fingerprint density at radius 1 is 1.68 bits per heavy atom. The van der Waals surface area contributed by atoms with Crippen molar-refractivity contribution in [1.82, 2.24) is 4.98 Å². The first-order chi connectivity index (χ1) is 9.04. The predicted molar refractivity (Wildman–Crippen MR) is 71.1 cm³/mol. The van der Waals surface area contributed by atoms with Gasteiger partial charge in [-0.15, -0.1) is 0 Å². The molecule has 100 valence electrons. The molecule has 2 unspecified atom stereocenters. The van der Waals surface area contributed by atoms with Crippen LogP contribution >= 0.6 is 11.6 Å². The molecule has 0 amide bonds. The lowest BCUT2D eigenvalue weighted by Crippen LogP contribution is -2.47. The van der Waals surface area contributed by atoms with Crippen LogP contribution in [0.25, 0.3) is 0 Å². The summed E-state index contributed by atoms with van der Waals surface area (Å²) in [5.74, 6) is -0.137. The zero-order chi connectivity index (χ0) is 14.0. The summed E-state index contributed by atoms with van der Waals surface area (Å²) in [6, 6.07) is 2.87. The van der Waals surface area contributed by atoms with Crippen LogP contribution in [0.15, 0.2) is 12.3 Å². The fourth-order valence-corrected chi connectivity index (χ4v) is 2.61. The van der Waals surface area contributed by atoms with Gasteiger partial charge in [0, 0.05) is 12.7 Å². The standard InChI is InChI=1S/C13H14ClN3O2/c1-8-3-5-17(10(6-8)13(18)19)12-11(14)9(7-15)2-4-16-12/h2,4,8,10H,3,5-6H2,1H3,(H,18,19). The number of piperidine rings is 1. The first-order valence-electron chi connectivity index (χ1n) is 6.08. The molecule has 1 saturated heterocycles. The summed E-state index contributed by atoms with van der Waals surface area (Å²) in [7, 11) is 0. The zero-order valence-electron chi connectivity index (χ0n) is 10.5. The van der Waals surface area contributed by atoms with E-state index >= 15 is 0 Å². The van der Waals surface area contributed by atoms with Crippen LogP contribution in [0.5, 0.6) is 0 Å². The summed E-state index contributed by atoms with van der Waals surface area (Å²) in [5, 5.41) is 18.5. The Morgan fingerprint density at radius 2 is 2.42 bits per heavy atom. The van der Waals surface area contributed by atoms with Gasteiger partial charge in [-0.25, -0.2) is 9.78 Å². The maximum absolute atomic E-state index is 11.4. The molecule has 1 aliphatic rings. The second-order valence-electron chi connectivity index (χ2n) is 4.78. The Balaban J connectivity index is 2.40. The highest BCUT2D eigenvalue weighted by Crippen LogP contribution is 2.32. The average molecular weight is 280 g/mol. The molecule has 2 atom stereocenters. The molecule has 2 heterocycles. The minimum atomic E-state index is -0.883. The normalized spacial score (nSPS) is 22.9. The molecular formula is C13H14ClN3O2. The van der Waals surface area contributed by atoms with Crippen LogP contribution in [-0.2, 0) is 4.79 Å². The molecule has 1 aliphatic heterocycles. The second kappa shape index (κ2) is 5.45. The number of aromatic nitrogens is 1. The SMILES string of the molecule is CC1CCN(c2nccc(C#N)c2Cl)C(C(=O)O)C1. The maximum Gasteiger partial charge on any atom is 0.326 e. The van der Waals surface area contributed by atoms with Crippen molar-refractivity contribution in [3.63, 3.8) is 0 Å². The average Bonchev–Trinajstić information content (AvgIpc) is 2.39. The number of rotatable bonds is 2. The fraction of sp³-hybridized carbons (Fsp3) is 0.462. The van der Waals surface area contributed by atoms with Crippen LogP contribution in [0.4, 0.5) is 5.82 Å². The van der Waals surface area contributed by atoms with E-state index in [1.165, 1.54) is 12.3 Å². The quantitative estimate of drug-likeness (QED) is 0.899. The number of hydrogen-bond donors (Lipinski definition) is 1. The van der Waals surface area contributed by atoms with Gasteiger partial charge in [0.15, 0.2) is 0 Å². The molecule has 1 N–H and O–H groups in total. The largest absolute Gasteiger partial charge is 0.480 e. The topological polar surface area (TPSA) is 77.2 Å². The Bertz CT molecular complexity index is 541. The molecule has 0 saturated carbocycles. The number of aliphatic carboxylic acids is 1. The van der Waals surface area contributed by atoms with Crippen LogP contribution in [-0.4, -0.2) is 28.6 Å². The number of carbonyl (C=O) groups is 1. The van der Waals surface area contributed by atoms with Gasteiger partial charge in [0.05, 0.1) is 5.56 Å². The van der Waals surface area contributed by atoms with Crippen molar-refractivity contribution >= 4 is 23.4 Å². The van der Waals surface area contributed by atoms with Crippen LogP contribution in [0, 0.1) is 17.2 Å². The minimum Gasteiger partial charge on any atom is -0.480 e. The predicted octanol–water partition coefficient (Wildman–Crippen LogP) is 2.30. The van der Waals surface area contributed by atoms with Gasteiger partial charge >= 0.3 is 5.97 Å². The van der Waals surface area contributed by atoms with E-state index in [9.17, 15) is 9.90 Å². The van der Waals surface area contributed by atoms with Gasteiger partial charge in [0.25, 0.3) is 0 Å². The van der Waals surface area contributed by atoms with Gasteiger partial charge in [-0.1, -0.05) is 18.5 Å². The molecule has 1 aromatic rings. The highest BCUT2D eigenvalue weighted by molar-refractivity contribution is 6.34. The maximum atomic E-state index is 11.4. The lowest BCUT2D eigenvalue weighted by Gasteiger charge is -2.37. The van der Waals surface area contributed by atoms with E-state index in [-0.39, 0.29) is 5.02 Å². The summed E-state index contributed by atoms with van der Waals surface area (Å²) in [5.41, 5.74) is 0.314. The summed E-state index contributed by atoms with van der Waals surface area (Å²) in [6.45, 7) is 2.62. The molecule has 1 fully saturated rings. The molecule has 2 rings (SSSR count). The number of carboxylic acids is 1. The van der Waals surface area contributed by atoms with E-state index in [0.717, 1.165) is 6.42 Å². The van der Waals surface area contributed by atoms with E-state index < -0.39 is 12.0 Å². The van der Waals surface area contributed by atoms with Crippen LogP contribution in [0.2, 0.25) is 5.02 Å². The second-order valence-corrected chi connectivity index (χ2v) is 5.16. The van der Waals surface area contributed by atoms with Gasteiger partial charge in [-0.3, -0.25) is 0 Å². The molecule has 6 heteroatoms. The van der Waals surface area contributed by atoms with Crippen LogP contribution in [0.1, 0.15) is 25.3 Å². The molecule has 1 aromatic heterocycles. The number of carboxylic acid groups (broad SMARTS) is 1. The summed E-state index contributed by atoms with van der Waals surface area (Å²) < 4.78 is 0. The highest BCUT2D eigenvalue weighted by Gasteiger charge is 2.33. The number of nitriles is 1. The molecule has 0 aromatic carbocycles. The monoisotopic (exact) mass is 279 g/mol. The highest BCUT2D eigenvalue weighted by atomic mass is 35.5. The van der Waals surface area contributed by atoms with Gasteiger partial charge in [-0.2, -0.15) is 5.26 Å². The molecule has 0 radical (unpaired) electrons. The van der Waals surface area contributed by atoms with Crippen molar-refractivity contribution < 1.29 is 9.90 Å². The summed E-state index contributed by atoms with van der Waals surface area (Å²) in [6.07, 6.45) is 2.93. The number of anilines is 1. The molecular weight excluding hydrogens is 266 g/mol. The van der Waals surface area contributed by atoms with E-state index in [0.29, 0.717) is 30.3 Å². The Hall–Kier alpha value is -1.80. The fourth-order valence-electron chi connectivity index (χ4n) is 2.35. The summed E-state index contributed by atoms with van der Waals surface area (Å²) in [4.78, 5) is 17.2. The molecule has 5 nitrogen and oxygen atoms in total. The Kier molecular flexibility index (Phi) is 3.91. The first-order valence-corrected chi connectivity index (χ1v) is 6.46.